The summed E-state index contributed by atoms with van der Waals surface area (Å²) < 4.78 is 29.6. The van der Waals surface area contributed by atoms with Crippen molar-refractivity contribution in [3.05, 3.63) is 40.5 Å². The Balaban J connectivity index is 1.44. The molecule has 9 heteroatoms. The molecule has 0 saturated carbocycles. The predicted molar refractivity (Wildman–Crippen MR) is 118 cm³/mol. The number of fused-ring (bicyclic) bond motifs is 1. The minimum absolute atomic E-state index is 0.0665. The summed E-state index contributed by atoms with van der Waals surface area (Å²) in [7, 11) is 0. The molecule has 0 spiro atoms. The number of aromatic nitrogens is 2. The lowest BCUT2D eigenvalue weighted by Gasteiger charge is -2.32. The van der Waals surface area contributed by atoms with Gasteiger partial charge in [0, 0.05) is 35.1 Å². The molecule has 4 rings (SSSR count). The molecule has 31 heavy (non-hydrogen) atoms. The molecule has 1 N–H and O–H groups in total. The van der Waals surface area contributed by atoms with Crippen LogP contribution in [0.5, 0.6) is 5.75 Å². The van der Waals surface area contributed by atoms with Crippen LogP contribution in [0.15, 0.2) is 24.5 Å². The van der Waals surface area contributed by atoms with Crippen molar-refractivity contribution in [3.63, 3.8) is 0 Å². The second-order valence-electron chi connectivity index (χ2n) is 7.72. The fourth-order valence-corrected chi connectivity index (χ4v) is 4.96. The normalized spacial score (nSPS) is 15.0. The number of halogens is 2. The van der Waals surface area contributed by atoms with Gasteiger partial charge in [0.2, 0.25) is 5.91 Å². The highest BCUT2D eigenvalue weighted by Crippen LogP contribution is 2.36. The number of alkyl halides is 2. The molecular weight excluding hydrogens is 422 g/mol. The van der Waals surface area contributed by atoms with E-state index in [1.165, 1.54) is 16.5 Å². The maximum atomic E-state index is 12.8. The lowest BCUT2D eigenvalue weighted by Crippen LogP contribution is -2.38. The Labute approximate surface area is 183 Å². The number of carbonyl (C=O) groups is 1. The third kappa shape index (κ3) is 4.32. The quantitative estimate of drug-likeness (QED) is 0.593. The summed E-state index contributed by atoms with van der Waals surface area (Å²) in [6, 6.07) is 4.75. The monoisotopic (exact) mass is 446 g/mol. The molecule has 0 aliphatic carbocycles. The summed E-state index contributed by atoms with van der Waals surface area (Å²) >= 11 is 1.67. The van der Waals surface area contributed by atoms with Crippen LogP contribution in [0.3, 0.4) is 0 Å². The van der Waals surface area contributed by atoms with Gasteiger partial charge in [0.15, 0.2) is 0 Å². The standard InChI is InChI=1S/C22H24F2N4O2S/c1-12-14(3)31-21-18(12)19(25-11-26-21)28-9-7-15(8-10-28)20(29)27-16-5-4-6-17(13(16)2)30-22(23)24/h4-6,11,15,22H,7-10H2,1-3H3,(H,27,29). The van der Waals surface area contributed by atoms with E-state index in [2.05, 4.69) is 38.8 Å². The minimum atomic E-state index is -2.90. The van der Waals surface area contributed by atoms with Crippen molar-refractivity contribution in [1.82, 2.24) is 9.97 Å². The number of piperidine rings is 1. The third-order valence-electron chi connectivity index (χ3n) is 5.87. The Bertz CT molecular complexity index is 1110. The van der Waals surface area contributed by atoms with Crippen LogP contribution in [-0.2, 0) is 4.79 Å². The Hall–Kier alpha value is -2.81. The first-order valence-electron chi connectivity index (χ1n) is 10.2. The molecule has 1 aliphatic rings. The molecule has 1 aliphatic heterocycles. The first-order valence-corrected chi connectivity index (χ1v) is 11.0. The van der Waals surface area contributed by atoms with E-state index < -0.39 is 6.61 Å². The summed E-state index contributed by atoms with van der Waals surface area (Å²) in [5.74, 6) is 0.737. The van der Waals surface area contributed by atoms with Gasteiger partial charge in [-0.3, -0.25) is 4.79 Å². The van der Waals surface area contributed by atoms with Crippen LogP contribution in [-0.4, -0.2) is 35.6 Å². The predicted octanol–water partition coefficient (Wildman–Crippen LogP) is 5.07. The van der Waals surface area contributed by atoms with Crippen LogP contribution in [0.25, 0.3) is 10.2 Å². The third-order valence-corrected chi connectivity index (χ3v) is 6.98. The number of anilines is 2. The van der Waals surface area contributed by atoms with Gasteiger partial charge < -0.3 is 15.0 Å². The lowest BCUT2D eigenvalue weighted by atomic mass is 9.95. The van der Waals surface area contributed by atoms with E-state index in [9.17, 15) is 13.6 Å². The molecular formula is C22H24F2N4O2S. The number of thiophene rings is 1. The van der Waals surface area contributed by atoms with Crippen LogP contribution < -0.4 is 15.0 Å². The first kappa shape index (κ1) is 21.4. The fourth-order valence-electron chi connectivity index (χ4n) is 3.97. The van der Waals surface area contributed by atoms with Gasteiger partial charge in [-0.1, -0.05) is 6.07 Å². The Kier molecular flexibility index (Phi) is 6.04. The van der Waals surface area contributed by atoms with E-state index in [0.29, 0.717) is 37.2 Å². The number of ether oxygens (including phenoxy) is 1. The molecule has 3 heterocycles. The number of aryl methyl sites for hydroxylation is 2. The molecule has 1 amide bonds. The van der Waals surface area contributed by atoms with Crippen molar-refractivity contribution in [2.45, 2.75) is 40.2 Å². The number of amides is 1. The Morgan fingerprint density at radius 1 is 1.19 bits per heavy atom. The summed E-state index contributed by atoms with van der Waals surface area (Å²) in [5.41, 5.74) is 2.18. The molecule has 3 aromatic rings. The number of nitrogens with zero attached hydrogens (tertiary/aromatic N) is 3. The number of hydrogen-bond acceptors (Lipinski definition) is 6. The van der Waals surface area contributed by atoms with Gasteiger partial charge in [0.1, 0.15) is 22.7 Å². The van der Waals surface area contributed by atoms with Crippen molar-refractivity contribution in [2.75, 3.05) is 23.3 Å². The number of benzene rings is 1. The van der Waals surface area contributed by atoms with Gasteiger partial charge in [-0.15, -0.1) is 11.3 Å². The highest BCUT2D eigenvalue weighted by atomic mass is 32.1. The van der Waals surface area contributed by atoms with Gasteiger partial charge in [-0.2, -0.15) is 8.78 Å². The van der Waals surface area contributed by atoms with Crippen molar-refractivity contribution < 1.29 is 18.3 Å². The zero-order valence-corrected chi connectivity index (χ0v) is 18.4. The van der Waals surface area contributed by atoms with E-state index in [4.69, 9.17) is 0 Å². The van der Waals surface area contributed by atoms with E-state index in [0.717, 1.165) is 16.0 Å². The van der Waals surface area contributed by atoms with Crippen molar-refractivity contribution in [1.29, 1.82) is 0 Å². The molecule has 0 radical (unpaired) electrons. The highest BCUT2D eigenvalue weighted by Gasteiger charge is 2.28. The number of rotatable bonds is 5. The van der Waals surface area contributed by atoms with E-state index in [1.54, 1.807) is 36.7 Å². The van der Waals surface area contributed by atoms with Gasteiger partial charge in [0.25, 0.3) is 0 Å². The molecule has 0 bridgehead atoms. The SMILES string of the molecule is Cc1sc2ncnc(N3CCC(C(=O)Nc4cccc(OC(F)F)c4C)CC3)c2c1C. The molecule has 0 atom stereocenters. The number of hydrogen-bond donors (Lipinski definition) is 1. The molecule has 1 saturated heterocycles. The summed E-state index contributed by atoms with van der Waals surface area (Å²) in [6.45, 7) is 4.36. The van der Waals surface area contributed by atoms with Crippen molar-refractivity contribution >= 4 is 39.0 Å². The second kappa shape index (κ2) is 8.74. The molecule has 6 nitrogen and oxygen atoms in total. The summed E-state index contributed by atoms with van der Waals surface area (Å²) in [6.07, 6.45) is 2.97. The molecule has 1 fully saturated rings. The largest absolute Gasteiger partial charge is 0.434 e. The molecule has 0 unspecified atom stereocenters. The molecule has 1 aromatic carbocycles. The topological polar surface area (TPSA) is 67.4 Å². The van der Waals surface area contributed by atoms with Gasteiger partial charge in [0.05, 0.1) is 5.39 Å². The average Bonchev–Trinajstić information content (AvgIpc) is 3.04. The van der Waals surface area contributed by atoms with E-state index in [-0.39, 0.29) is 17.6 Å². The zero-order chi connectivity index (χ0) is 22.1. The van der Waals surface area contributed by atoms with E-state index in [1.807, 2.05) is 0 Å². The van der Waals surface area contributed by atoms with Gasteiger partial charge in [-0.05, 0) is 51.3 Å². The summed E-state index contributed by atoms with van der Waals surface area (Å²) in [5, 5.41) is 3.98. The van der Waals surface area contributed by atoms with Crippen LogP contribution in [0.2, 0.25) is 0 Å². The Morgan fingerprint density at radius 3 is 2.65 bits per heavy atom. The Morgan fingerprint density at radius 2 is 1.94 bits per heavy atom. The molecule has 2 aromatic heterocycles. The van der Waals surface area contributed by atoms with Crippen LogP contribution >= 0.6 is 11.3 Å². The lowest BCUT2D eigenvalue weighted by molar-refractivity contribution is -0.120. The van der Waals surface area contributed by atoms with Crippen molar-refractivity contribution in [2.24, 2.45) is 5.92 Å². The summed E-state index contributed by atoms with van der Waals surface area (Å²) in [4.78, 5) is 26.2. The maximum absolute atomic E-state index is 12.8. The number of nitrogens with one attached hydrogen (secondary N) is 1. The van der Waals surface area contributed by atoms with Crippen LogP contribution in [0, 0.1) is 26.7 Å². The van der Waals surface area contributed by atoms with Crippen LogP contribution in [0.4, 0.5) is 20.3 Å². The number of carbonyl (C=O) groups excluding carboxylic acids is 1. The smallest absolute Gasteiger partial charge is 0.387 e. The molecule has 164 valence electrons. The van der Waals surface area contributed by atoms with Crippen molar-refractivity contribution in [3.8, 4) is 5.75 Å². The fraction of sp³-hybridized carbons (Fsp3) is 0.409. The average molecular weight is 447 g/mol. The van der Waals surface area contributed by atoms with E-state index >= 15 is 0 Å². The van der Waals surface area contributed by atoms with Gasteiger partial charge in [-0.25, -0.2) is 9.97 Å². The second-order valence-corrected chi connectivity index (χ2v) is 8.92. The zero-order valence-electron chi connectivity index (χ0n) is 17.6. The van der Waals surface area contributed by atoms with Gasteiger partial charge >= 0.3 is 6.61 Å². The minimum Gasteiger partial charge on any atom is -0.434 e. The first-order chi connectivity index (χ1) is 14.8. The maximum Gasteiger partial charge on any atom is 0.387 e. The van der Waals surface area contributed by atoms with Crippen LogP contribution in [0.1, 0.15) is 28.8 Å². The highest BCUT2D eigenvalue weighted by molar-refractivity contribution is 7.18.